The van der Waals surface area contributed by atoms with E-state index in [-0.39, 0.29) is 6.04 Å². The minimum absolute atomic E-state index is 0.208. The number of hydrogen-bond acceptors (Lipinski definition) is 2. The highest BCUT2D eigenvalue weighted by molar-refractivity contribution is 6.31. The molecule has 1 unspecified atom stereocenters. The summed E-state index contributed by atoms with van der Waals surface area (Å²) in [6.45, 7) is 3.58. The first-order valence-electron chi connectivity index (χ1n) is 7.06. The molecule has 1 atom stereocenters. The molecule has 110 valence electrons. The zero-order valence-corrected chi connectivity index (χ0v) is 13.3. The first-order valence-corrected chi connectivity index (χ1v) is 7.82. The summed E-state index contributed by atoms with van der Waals surface area (Å²) in [4.78, 5) is 0. The predicted molar refractivity (Wildman–Crippen MR) is 87.4 cm³/mol. The summed E-state index contributed by atoms with van der Waals surface area (Å²) >= 11 is 12.2. The van der Waals surface area contributed by atoms with Gasteiger partial charge in [0.2, 0.25) is 0 Å². The van der Waals surface area contributed by atoms with Crippen molar-refractivity contribution in [2.45, 2.75) is 25.9 Å². The van der Waals surface area contributed by atoms with Crippen LogP contribution in [-0.2, 0) is 13.0 Å². The van der Waals surface area contributed by atoms with Crippen molar-refractivity contribution >= 4 is 23.2 Å². The summed E-state index contributed by atoms with van der Waals surface area (Å²) in [5.41, 5.74) is 3.49. The van der Waals surface area contributed by atoms with Crippen molar-refractivity contribution in [2.75, 3.05) is 6.61 Å². The lowest BCUT2D eigenvalue weighted by molar-refractivity contribution is 0.351. The Balaban J connectivity index is 1.73. The highest BCUT2D eigenvalue weighted by Gasteiger charge is 2.18. The molecule has 0 aromatic heterocycles. The number of fused-ring (bicyclic) bond motifs is 1. The number of rotatable bonds is 4. The maximum atomic E-state index is 6.18. The van der Waals surface area contributed by atoms with Crippen molar-refractivity contribution in [1.29, 1.82) is 0 Å². The van der Waals surface area contributed by atoms with Crippen LogP contribution in [0.3, 0.4) is 0 Å². The van der Waals surface area contributed by atoms with Crippen molar-refractivity contribution in [1.82, 2.24) is 5.32 Å². The van der Waals surface area contributed by atoms with Crippen molar-refractivity contribution in [3.8, 4) is 5.75 Å². The molecule has 2 aromatic carbocycles. The maximum absolute atomic E-state index is 6.18. The highest BCUT2D eigenvalue weighted by Crippen LogP contribution is 2.33. The van der Waals surface area contributed by atoms with Crippen LogP contribution in [0, 0.1) is 0 Å². The van der Waals surface area contributed by atoms with E-state index in [1.165, 1.54) is 11.1 Å². The second-order valence-electron chi connectivity index (χ2n) is 5.31. The van der Waals surface area contributed by atoms with Crippen LogP contribution in [0.4, 0.5) is 0 Å². The Morgan fingerprint density at radius 2 is 2.05 bits per heavy atom. The summed E-state index contributed by atoms with van der Waals surface area (Å²) in [5, 5.41) is 5.03. The molecule has 1 aliphatic heterocycles. The van der Waals surface area contributed by atoms with Crippen molar-refractivity contribution in [3.63, 3.8) is 0 Å². The molecule has 0 radical (unpaired) electrons. The van der Waals surface area contributed by atoms with Crippen molar-refractivity contribution < 1.29 is 4.74 Å². The molecular formula is C17H17Cl2NO. The lowest BCUT2D eigenvalue weighted by Gasteiger charge is -2.16. The molecule has 0 amide bonds. The standard InChI is InChI=1S/C17H17Cl2NO/c1-11(12-3-2-4-15(18)7-12)20-10-14-9-16(19)8-13-5-6-21-17(13)14/h2-4,7-9,11,20H,5-6,10H2,1H3. The summed E-state index contributed by atoms with van der Waals surface area (Å²) < 4.78 is 5.72. The summed E-state index contributed by atoms with van der Waals surface area (Å²) in [7, 11) is 0. The van der Waals surface area contributed by atoms with E-state index >= 15 is 0 Å². The maximum Gasteiger partial charge on any atom is 0.127 e. The zero-order valence-electron chi connectivity index (χ0n) is 11.8. The van der Waals surface area contributed by atoms with E-state index in [0.29, 0.717) is 0 Å². The minimum atomic E-state index is 0.208. The molecule has 0 fully saturated rings. The van der Waals surface area contributed by atoms with Crippen LogP contribution in [0.25, 0.3) is 0 Å². The molecule has 0 bridgehead atoms. The third kappa shape index (κ3) is 3.34. The van der Waals surface area contributed by atoms with E-state index in [1.807, 2.05) is 30.3 Å². The Kier molecular flexibility index (Phi) is 4.39. The van der Waals surface area contributed by atoms with E-state index < -0.39 is 0 Å². The molecule has 0 aliphatic carbocycles. The van der Waals surface area contributed by atoms with Gasteiger partial charge in [-0.1, -0.05) is 35.3 Å². The summed E-state index contributed by atoms with van der Waals surface area (Å²) in [6.07, 6.45) is 0.937. The van der Waals surface area contributed by atoms with E-state index in [1.54, 1.807) is 0 Å². The van der Waals surface area contributed by atoms with E-state index in [9.17, 15) is 0 Å². The number of benzene rings is 2. The highest BCUT2D eigenvalue weighted by atomic mass is 35.5. The second-order valence-corrected chi connectivity index (χ2v) is 6.18. The quantitative estimate of drug-likeness (QED) is 0.875. The average molecular weight is 322 g/mol. The van der Waals surface area contributed by atoms with Gasteiger partial charge in [0.15, 0.2) is 0 Å². The normalized spacial score (nSPS) is 14.6. The molecule has 21 heavy (non-hydrogen) atoms. The molecule has 3 rings (SSSR count). The molecule has 1 heterocycles. The van der Waals surface area contributed by atoms with Gasteiger partial charge in [-0.15, -0.1) is 0 Å². The van der Waals surface area contributed by atoms with Gasteiger partial charge in [-0.05, 0) is 42.3 Å². The number of ether oxygens (including phenoxy) is 1. The smallest absolute Gasteiger partial charge is 0.127 e. The number of nitrogens with one attached hydrogen (secondary N) is 1. The Morgan fingerprint density at radius 3 is 2.86 bits per heavy atom. The lowest BCUT2D eigenvalue weighted by Crippen LogP contribution is -2.18. The number of hydrogen-bond donors (Lipinski definition) is 1. The van der Waals surface area contributed by atoms with E-state index in [0.717, 1.165) is 40.9 Å². The van der Waals surface area contributed by atoms with Gasteiger partial charge < -0.3 is 10.1 Å². The van der Waals surface area contributed by atoms with Gasteiger partial charge in [0.1, 0.15) is 5.75 Å². The SMILES string of the molecule is CC(NCc1cc(Cl)cc2c1OCC2)c1cccc(Cl)c1. The van der Waals surface area contributed by atoms with Gasteiger partial charge in [-0.3, -0.25) is 0 Å². The molecule has 4 heteroatoms. The van der Waals surface area contributed by atoms with Gasteiger partial charge in [-0.25, -0.2) is 0 Å². The molecule has 2 nitrogen and oxygen atoms in total. The van der Waals surface area contributed by atoms with Crippen LogP contribution in [0.15, 0.2) is 36.4 Å². The van der Waals surface area contributed by atoms with Gasteiger partial charge in [0.05, 0.1) is 6.61 Å². The lowest BCUT2D eigenvalue weighted by atomic mass is 10.1. The third-order valence-electron chi connectivity index (χ3n) is 3.77. The first-order chi connectivity index (χ1) is 10.1. The van der Waals surface area contributed by atoms with E-state index in [4.69, 9.17) is 27.9 Å². The molecule has 0 spiro atoms. The predicted octanol–water partition coefficient (Wildman–Crippen LogP) is 4.78. The van der Waals surface area contributed by atoms with Crippen LogP contribution >= 0.6 is 23.2 Å². The van der Waals surface area contributed by atoms with Gasteiger partial charge in [0.25, 0.3) is 0 Å². The fourth-order valence-electron chi connectivity index (χ4n) is 2.63. The first kappa shape index (κ1) is 14.7. The molecule has 2 aromatic rings. The van der Waals surface area contributed by atoms with Gasteiger partial charge in [-0.2, -0.15) is 0 Å². The van der Waals surface area contributed by atoms with Crippen LogP contribution in [-0.4, -0.2) is 6.61 Å². The average Bonchev–Trinajstić information content (AvgIpc) is 2.92. The molecular weight excluding hydrogens is 305 g/mol. The van der Waals surface area contributed by atoms with Crippen LogP contribution < -0.4 is 10.1 Å². The molecule has 1 aliphatic rings. The van der Waals surface area contributed by atoms with Crippen LogP contribution in [0.5, 0.6) is 5.75 Å². The van der Waals surface area contributed by atoms with E-state index in [2.05, 4.69) is 18.3 Å². The molecule has 1 N–H and O–H groups in total. The van der Waals surface area contributed by atoms with Gasteiger partial charge in [0, 0.05) is 34.6 Å². The Hall–Kier alpha value is -1.22. The Labute approximate surface area is 135 Å². The molecule has 0 saturated heterocycles. The third-order valence-corrected chi connectivity index (χ3v) is 4.23. The van der Waals surface area contributed by atoms with Crippen molar-refractivity contribution in [3.05, 3.63) is 63.1 Å². The van der Waals surface area contributed by atoms with Crippen LogP contribution in [0.1, 0.15) is 29.7 Å². The zero-order chi connectivity index (χ0) is 14.8. The largest absolute Gasteiger partial charge is 0.493 e. The van der Waals surface area contributed by atoms with Crippen LogP contribution in [0.2, 0.25) is 10.0 Å². The minimum Gasteiger partial charge on any atom is -0.493 e. The van der Waals surface area contributed by atoms with Gasteiger partial charge >= 0.3 is 0 Å². The van der Waals surface area contributed by atoms with Crippen molar-refractivity contribution in [2.24, 2.45) is 0 Å². The fourth-order valence-corrected chi connectivity index (χ4v) is 3.10. The summed E-state index contributed by atoms with van der Waals surface area (Å²) in [6, 6.07) is 12.1. The summed E-state index contributed by atoms with van der Waals surface area (Å²) in [5.74, 6) is 0.991. The monoisotopic (exact) mass is 321 g/mol. The topological polar surface area (TPSA) is 21.3 Å². The Bertz CT molecular complexity index is 657. The second kappa shape index (κ2) is 6.27. The Morgan fingerprint density at radius 1 is 1.19 bits per heavy atom. The number of halogens is 2. The molecule has 0 saturated carbocycles. The fraction of sp³-hybridized carbons (Fsp3) is 0.294.